The van der Waals surface area contributed by atoms with E-state index in [9.17, 15) is 14.7 Å². The first-order valence-corrected chi connectivity index (χ1v) is 8.25. The lowest BCUT2D eigenvalue weighted by Gasteiger charge is -2.19. The molecule has 2 N–H and O–H groups in total. The molecule has 1 aliphatic heterocycles. The van der Waals surface area contributed by atoms with Crippen LogP contribution in [0.4, 0.5) is 0 Å². The van der Waals surface area contributed by atoms with E-state index >= 15 is 0 Å². The Morgan fingerprint density at radius 2 is 2.00 bits per heavy atom. The molecule has 1 aromatic carbocycles. The zero-order valence-corrected chi connectivity index (χ0v) is 13.9. The number of amides is 1. The summed E-state index contributed by atoms with van der Waals surface area (Å²) in [7, 11) is 0. The third-order valence-corrected chi connectivity index (χ3v) is 4.16. The van der Waals surface area contributed by atoms with Gasteiger partial charge in [0.15, 0.2) is 0 Å². The minimum Gasteiger partial charge on any atom is -0.480 e. The van der Waals surface area contributed by atoms with Gasteiger partial charge in [-0.1, -0.05) is 44.2 Å². The van der Waals surface area contributed by atoms with E-state index < -0.39 is 12.0 Å². The molecule has 0 bridgehead atoms. The molecule has 0 saturated carbocycles. The molecule has 0 aliphatic carbocycles. The lowest BCUT2D eigenvalue weighted by Crippen LogP contribution is -2.45. The van der Waals surface area contributed by atoms with E-state index in [2.05, 4.69) is 24.1 Å². The lowest BCUT2D eigenvalue weighted by atomic mass is 10.0. The molecule has 0 radical (unpaired) electrons. The zero-order valence-electron chi connectivity index (χ0n) is 13.9. The van der Waals surface area contributed by atoms with Crippen molar-refractivity contribution in [2.75, 3.05) is 19.6 Å². The molecule has 2 atom stereocenters. The van der Waals surface area contributed by atoms with Crippen molar-refractivity contribution >= 4 is 11.9 Å². The van der Waals surface area contributed by atoms with Crippen molar-refractivity contribution < 1.29 is 14.7 Å². The second kappa shape index (κ2) is 8.11. The molecule has 1 aromatic rings. The summed E-state index contributed by atoms with van der Waals surface area (Å²) in [5, 5.41) is 12.1. The number of carboxylic acids is 1. The van der Waals surface area contributed by atoms with E-state index in [4.69, 9.17) is 0 Å². The third kappa shape index (κ3) is 5.36. The van der Waals surface area contributed by atoms with Crippen molar-refractivity contribution in [1.82, 2.24) is 10.2 Å². The average Bonchev–Trinajstić information content (AvgIpc) is 2.95. The highest BCUT2D eigenvalue weighted by Crippen LogP contribution is 2.18. The molecule has 5 nitrogen and oxygen atoms in total. The van der Waals surface area contributed by atoms with Crippen LogP contribution in [0.25, 0.3) is 0 Å². The first-order valence-electron chi connectivity index (χ1n) is 8.25. The van der Waals surface area contributed by atoms with Gasteiger partial charge in [-0.05, 0) is 24.4 Å². The van der Waals surface area contributed by atoms with Crippen LogP contribution in [0.15, 0.2) is 30.3 Å². The van der Waals surface area contributed by atoms with Crippen LogP contribution in [-0.4, -0.2) is 47.6 Å². The number of nitrogens with one attached hydrogen (secondary N) is 1. The molecule has 0 spiro atoms. The minimum absolute atomic E-state index is 0.105. The predicted molar refractivity (Wildman–Crippen MR) is 89.1 cm³/mol. The number of carbonyl (C=O) groups excluding carboxylic acids is 1. The second-order valence-corrected chi connectivity index (χ2v) is 6.73. The summed E-state index contributed by atoms with van der Waals surface area (Å²) in [6.45, 7) is 6.94. The fourth-order valence-corrected chi connectivity index (χ4v) is 3.07. The average molecular weight is 318 g/mol. The fraction of sp³-hybridized carbons (Fsp3) is 0.556. The van der Waals surface area contributed by atoms with Crippen LogP contribution in [-0.2, 0) is 16.0 Å². The Hall–Kier alpha value is -1.88. The Bertz CT molecular complexity index is 530. The van der Waals surface area contributed by atoms with Crippen molar-refractivity contribution in [2.24, 2.45) is 11.8 Å². The molecule has 1 fully saturated rings. The van der Waals surface area contributed by atoms with Gasteiger partial charge >= 0.3 is 5.97 Å². The normalized spacial score (nSPS) is 19.7. The highest BCUT2D eigenvalue weighted by Gasteiger charge is 2.31. The number of hydrogen-bond donors (Lipinski definition) is 2. The van der Waals surface area contributed by atoms with Crippen molar-refractivity contribution in [3.05, 3.63) is 35.9 Å². The maximum Gasteiger partial charge on any atom is 0.326 e. The Kier molecular flexibility index (Phi) is 6.16. The van der Waals surface area contributed by atoms with E-state index in [1.54, 1.807) is 0 Å². The first kappa shape index (κ1) is 17.5. The van der Waals surface area contributed by atoms with Crippen LogP contribution in [0.1, 0.15) is 25.8 Å². The number of nitrogens with zero attached hydrogens (tertiary/aromatic N) is 1. The number of aliphatic carboxylic acids is 1. The fourth-order valence-electron chi connectivity index (χ4n) is 3.07. The Morgan fingerprint density at radius 3 is 2.61 bits per heavy atom. The van der Waals surface area contributed by atoms with Gasteiger partial charge in [0.2, 0.25) is 5.91 Å². The van der Waals surface area contributed by atoms with Gasteiger partial charge in [-0.25, -0.2) is 4.79 Å². The number of carbonyl (C=O) groups is 2. The summed E-state index contributed by atoms with van der Waals surface area (Å²) in [5.74, 6) is -0.660. The van der Waals surface area contributed by atoms with Crippen LogP contribution >= 0.6 is 0 Å². The molecule has 5 heteroatoms. The summed E-state index contributed by atoms with van der Waals surface area (Å²) < 4.78 is 0. The molecule has 0 aromatic heterocycles. The van der Waals surface area contributed by atoms with E-state index in [0.717, 1.165) is 31.6 Å². The highest BCUT2D eigenvalue weighted by atomic mass is 16.4. The zero-order chi connectivity index (χ0) is 16.8. The summed E-state index contributed by atoms with van der Waals surface area (Å²) in [5.41, 5.74) is 0.910. The van der Waals surface area contributed by atoms with E-state index in [1.165, 1.54) is 0 Å². The summed E-state index contributed by atoms with van der Waals surface area (Å²) in [4.78, 5) is 26.1. The molecule has 1 saturated heterocycles. The number of likely N-dealkylation sites (tertiary alicyclic amines) is 1. The van der Waals surface area contributed by atoms with E-state index in [-0.39, 0.29) is 11.8 Å². The van der Waals surface area contributed by atoms with Gasteiger partial charge < -0.3 is 15.3 Å². The molecular formula is C18H26N2O3. The van der Waals surface area contributed by atoms with Gasteiger partial charge in [-0.3, -0.25) is 4.79 Å². The molecule has 2 rings (SSSR count). The van der Waals surface area contributed by atoms with Gasteiger partial charge in [0.1, 0.15) is 6.04 Å². The minimum atomic E-state index is -0.987. The second-order valence-electron chi connectivity index (χ2n) is 6.73. The molecule has 126 valence electrons. The third-order valence-electron chi connectivity index (χ3n) is 4.16. The van der Waals surface area contributed by atoms with Gasteiger partial charge in [-0.2, -0.15) is 0 Å². The molecular weight excluding hydrogens is 292 g/mol. The smallest absolute Gasteiger partial charge is 0.326 e. The Balaban J connectivity index is 1.90. The maximum absolute atomic E-state index is 12.4. The summed E-state index contributed by atoms with van der Waals surface area (Å²) in [6.07, 6.45) is 1.11. The summed E-state index contributed by atoms with van der Waals surface area (Å²) >= 11 is 0. The molecule has 1 aliphatic rings. The van der Waals surface area contributed by atoms with Crippen molar-refractivity contribution in [2.45, 2.75) is 32.7 Å². The van der Waals surface area contributed by atoms with Crippen LogP contribution in [0.3, 0.4) is 0 Å². The van der Waals surface area contributed by atoms with Gasteiger partial charge in [-0.15, -0.1) is 0 Å². The SMILES string of the molecule is CC(C)CN1CCC(C(=O)N[C@@H](Cc2ccccc2)C(=O)O)C1. The largest absolute Gasteiger partial charge is 0.480 e. The van der Waals surface area contributed by atoms with Crippen molar-refractivity contribution in [1.29, 1.82) is 0 Å². The number of carboxylic acid groups (broad SMARTS) is 1. The van der Waals surface area contributed by atoms with E-state index in [0.29, 0.717) is 12.3 Å². The monoisotopic (exact) mass is 318 g/mol. The van der Waals surface area contributed by atoms with Crippen LogP contribution < -0.4 is 5.32 Å². The molecule has 1 unspecified atom stereocenters. The van der Waals surface area contributed by atoms with Gasteiger partial charge in [0, 0.05) is 19.5 Å². The molecule has 1 amide bonds. The topological polar surface area (TPSA) is 69.6 Å². The first-order chi connectivity index (χ1) is 11.0. The van der Waals surface area contributed by atoms with Crippen molar-refractivity contribution in [3.63, 3.8) is 0 Å². The highest BCUT2D eigenvalue weighted by molar-refractivity contribution is 5.85. The van der Waals surface area contributed by atoms with E-state index in [1.807, 2.05) is 30.3 Å². The Labute approximate surface area is 137 Å². The van der Waals surface area contributed by atoms with Gasteiger partial charge in [0.05, 0.1) is 5.92 Å². The summed E-state index contributed by atoms with van der Waals surface area (Å²) in [6, 6.07) is 8.52. The Morgan fingerprint density at radius 1 is 1.30 bits per heavy atom. The van der Waals surface area contributed by atoms with Crippen LogP contribution in [0.2, 0.25) is 0 Å². The standard InChI is InChI=1S/C18H26N2O3/c1-13(2)11-20-9-8-15(12-20)17(21)19-16(18(22)23)10-14-6-4-3-5-7-14/h3-7,13,15-16H,8-12H2,1-2H3,(H,19,21)(H,22,23)/t15?,16-/m0/s1. The quantitative estimate of drug-likeness (QED) is 0.804. The van der Waals surface area contributed by atoms with Crippen molar-refractivity contribution in [3.8, 4) is 0 Å². The number of rotatable bonds is 7. The molecule has 23 heavy (non-hydrogen) atoms. The number of benzene rings is 1. The predicted octanol–water partition coefficient (Wildman–Crippen LogP) is 1.78. The maximum atomic E-state index is 12.4. The molecule has 1 heterocycles. The van der Waals surface area contributed by atoms with Crippen LogP contribution in [0, 0.1) is 11.8 Å². The number of hydrogen-bond acceptors (Lipinski definition) is 3. The van der Waals surface area contributed by atoms with Gasteiger partial charge in [0.25, 0.3) is 0 Å². The van der Waals surface area contributed by atoms with Crippen LogP contribution in [0.5, 0.6) is 0 Å². The lowest BCUT2D eigenvalue weighted by molar-refractivity contribution is -0.142.